The second kappa shape index (κ2) is 6.78. The van der Waals surface area contributed by atoms with Crippen molar-refractivity contribution in [1.82, 2.24) is 0 Å². The average molecular weight is 330 g/mol. The highest BCUT2D eigenvalue weighted by Gasteiger charge is 2.19. The van der Waals surface area contributed by atoms with E-state index in [9.17, 15) is 18.4 Å². The van der Waals surface area contributed by atoms with Crippen LogP contribution in [0.5, 0.6) is 0 Å². The van der Waals surface area contributed by atoms with Gasteiger partial charge in [-0.15, -0.1) is 0 Å². The SMILES string of the molecule is O=C(Nc1cc(F)ccc1F)c1ccc(N2CCCCC2=O)cc1. The zero-order valence-corrected chi connectivity index (χ0v) is 12.9. The minimum Gasteiger partial charge on any atom is -0.319 e. The van der Waals surface area contributed by atoms with Gasteiger partial charge in [-0.2, -0.15) is 0 Å². The van der Waals surface area contributed by atoms with Crippen LogP contribution < -0.4 is 10.2 Å². The fraction of sp³-hybridized carbons (Fsp3) is 0.222. The predicted molar refractivity (Wildman–Crippen MR) is 87.0 cm³/mol. The van der Waals surface area contributed by atoms with E-state index < -0.39 is 17.5 Å². The molecule has 4 nitrogen and oxygen atoms in total. The maximum Gasteiger partial charge on any atom is 0.255 e. The summed E-state index contributed by atoms with van der Waals surface area (Å²) in [6.07, 6.45) is 2.38. The largest absolute Gasteiger partial charge is 0.319 e. The first-order valence-corrected chi connectivity index (χ1v) is 7.71. The Kier molecular flexibility index (Phi) is 4.55. The number of rotatable bonds is 3. The number of carbonyl (C=O) groups is 2. The van der Waals surface area contributed by atoms with Crippen LogP contribution in [0.15, 0.2) is 42.5 Å². The molecule has 6 heteroatoms. The van der Waals surface area contributed by atoms with E-state index in [0.717, 1.165) is 36.7 Å². The summed E-state index contributed by atoms with van der Waals surface area (Å²) in [7, 11) is 0. The normalized spacial score (nSPS) is 14.6. The predicted octanol–water partition coefficient (Wildman–Crippen LogP) is 3.73. The topological polar surface area (TPSA) is 49.4 Å². The first kappa shape index (κ1) is 16.1. The number of hydrogen-bond donors (Lipinski definition) is 1. The van der Waals surface area contributed by atoms with Gasteiger partial charge in [-0.25, -0.2) is 8.78 Å². The van der Waals surface area contributed by atoms with Gasteiger partial charge in [-0.3, -0.25) is 9.59 Å². The summed E-state index contributed by atoms with van der Waals surface area (Å²) < 4.78 is 26.7. The van der Waals surface area contributed by atoms with Crippen molar-refractivity contribution in [3.63, 3.8) is 0 Å². The Labute approximate surface area is 138 Å². The number of halogens is 2. The summed E-state index contributed by atoms with van der Waals surface area (Å²) in [6, 6.07) is 9.34. The van der Waals surface area contributed by atoms with Crippen molar-refractivity contribution in [3.8, 4) is 0 Å². The van der Waals surface area contributed by atoms with Crippen LogP contribution in [0.2, 0.25) is 0 Å². The number of hydrogen-bond acceptors (Lipinski definition) is 2. The zero-order valence-electron chi connectivity index (χ0n) is 12.9. The lowest BCUT2D eigenvalue weighted by molar-refractivity contribution is -0.119. The molecule has 2 amide bonds. The fourth-order valence-corrected chi connectivity index (χ4v) is 2.66. The summed E-state index contributed by atoms with van der Waals surface area (Å²) in [4.78, 5) is 25.7. The summed E-state index contributed by atoms with van der Waals surface area (Å²) in [6.45, 7) is 0.666. The number of nitrogens with one attached hydrogen (secondary N) is 1. The summed E-state index contributed by atoms with van der Waals surface area (Å²) in [5.74, 6) is -1.82. The van der Waals surface area contributed by atoms with Crippen LogP contribution in [0.25, 0.3) is 0 Å². The molecule has 0 unspecified atom stereocenters. The van der Waals surface area contributed by atoms with E-state index in [1.54, 1.807) is 29.2 Å². The van der Waals surface area contributed by atoms with Gasteiger partial charge in [-0.05, 0) is 49.2 Å². The van der Waals surface area contributed by atoms with Gasteiger partial charge in [-0.1, -0.05) is 0 Å². The average Bonchev–Trinajstić information content (AvgIpc) is 2.59. The van der Waals surface area contributed by atoms with Crippen LogP contribution in [-0.2, 0) is 4.79 Å². The molecule has 3 rings (SSSR count). The Balaban J connectivity index is 1.74. The van der Waals surface area contributed by atoms with Crippen molar-refractivity contribution in [3.05, 3.63) is 59.7 Å². The monoisotopic (exact) mass is 330 g/mol. The summed E-state index contributed by atoms with van der Waals surface area (Å²) >= 11 is 0. The summed E-state index contributed by atoms with van der Waals surface area (Å²) in [5, 5.41) is 2.34. The molecule has 2 aromatic carbocycles. The molecule has 0 radical (unpaired) electrons. The third-order valence-electron chi connectivity index (χ3n) is 3.94. The maximum atomic E-state index is 13.6. The Hall–Kier alpha value is -2.76. The Morgan fingerprint density at radius 1 is 1.04 bits per heavy atom. The molecule has 124 valence electrons. The van der Waals surface area contributed by atoms with E-state index in [-0.39, 0.29) is 11.6 Å². The third kappa shape index (κ3) is 3.42. The molecule has 0 atom stereocenters. The zero-order chi connectivity index (χ0) is 17.1. The van der Waals surface area contributed by atoms with Gasteiger partial charge in [0.05, 0.1) is 5.69 Å². The molecule has 0 spiro atoms. The van der Waals surface area contributed by atoms with Crippen molar-refractivity contribution >= 4 is 23.2 Å². The van der Waals surface area contributed by atoms with Gasteiger partial charge < -0.3 is 10.2 Å². The number of benzene rings is 2. The second-order valence-corrected chi connectivity index (χ2v) is 5.63. The highest BCUT2D eigenvalue weighted by atomic mass is 19.1. The second-order valence-electron chi connectivity index (χ2n) is 5.63. The Morgan fingerprint density at radius 3 is 2.50 bits per heavy atom. The van der Waals surface area contributed by atoms with Gasteiger partial charge >= 0.3 is 0 Å². The number of piperidine rings is 1. The van der Waals surface area contributed by atoms with Crippen molar-refractivity contribution in [2.24, 2.45) is 0 Å². The number of amides is 2. The van der Waals surface area contributed by atoms with Crippen molar-refractivity contribution in [2.45, 2.75) is 19.3 Å². The molecule has 0 aromatic heterocycles. The highest BCUT2D eigenvalue weighted by molar-refractivity contribution is 6.04. The molecular formula is C18H16F2N2O2. The van der Waals surface area contributed by atoms with Crippen LogP contribution in [0.4, 0.5) is 20.2 Å². The molecule has 1 N–H and O–H groups in total. The molecule has 1 heterocycles. The quantitative estimate of drug-likeness (QED) is 0.932. The summed E-state index contributed by atoms with van der Waals surface area (Å²) in [5.41, 5.74) is 0.815. The standard InChI is InChI=1S/C18H16F2N2O2/c19-13-6-9-15(20)16(11-13)21-18(24)12-4-7-14(8-5-12)22-10-2-1-3-17(22)23/h4-9,11H,1-3,10H2,(H,21,24). The minimum absolute atomic E-state index is 0.0697. The molecule has 0 saturated carbocycles. The van der Waals surface area contributed by atoms with Crippen LogP contribution in [0.3, 0.4) is 0 Å². The van der Waals surface area contributed by atoms with E-state index in [0.29, 0.717) is 18.5 Å². The van der Waals surface area contributed by atoms with Crippen molar-refractivity contribution in [2.75, 3.05) is 16.8 Å². The number of nitrogens with zero attached hydrogens (tertiary/aromatic N) is 1. The molecule has 0 bridgehead atoms. The van der Waals surface area contributed by atoms with Crippen LogP contribution in [-0.4, -0.2) is 18.4 Å². The first-order chi connectivity index (χ1) is 11.5. The molecule has 1 aliphatic rings. The lowest BCUT2D eigenvalue weighted by Crippen LogP contribution is -2.35. The van der Waals surface area contributed by atoms with Crippen molar-refractivity contribution in [1.29, 1.82) is 0 Å². The molecule has 1 aliphatic heterocycles. The van der Waals surface area contributed by atoms with Gasteiger partial charge in [0.1, 0.15) is 11.6 Å². The van der Waals surface area contributed by atoms with Crippen LogP contribution in [0, 0.1) is 11.6 Å². The number of carbonyl (C=O) groups excluding carboxylic acids is 2. The van der Waals surface area contributed by atoms with Gasteiger partial charge in [0, 0.05) is 30.3 Å². The van der Waals surface area contributed by atoms with Gasteiger partial charge in [0.15, 0.2) is 0 Å². The molecular weight excluding hydrogens is 314 g/mol. The molecule has 0 aliphatic carbocycles. The van der Waals surface area contributed by atoms with E-state index in [1.165, 1.54) is 0 Å². The maximum absolute atomic E-state index is 13.6. The Morgan fingerprint density at radius 2 is 1.79 bits per heavy atom. The molecule has 2 aromatic rings. The van der Waals surface area contributed by atoms with Crippen LogP contribution in [0.1, 0.15) is 29.6 Å². The van der Waals surface area contributed by atoms with E-state index in [2.05, 4.69) is 5.32 Å². The molecule has 1 saturated heterocycles. The molecule has 24 heavy (non-hydrogen) atoms. The number of anilines is 2. The van der Waals surface area contributed by atoms with E-state index in [1.807, 2.05) is 0 Å². The van der Waals surface area contributed by atoms with Crippen molar-refractivity contribution < 1.29 is 18.4 Å². The van der Waals surface area contributed by atoms with Crippen LogP contribution >= 0.6 is 0 Å². The van der Waals surface area contributed by atoms with Gasteiger partial charge in [0.2, 0.25) is 5.91 Å². The smallest absolute Gasteiger partial charge is 0.255 e. The molecule has 1 fully saturated rings. The van der Waals surface area contributed by atoms with Gasteiger partial charge in [0.25, 0.3) is 5.91 Å². The minimum atomic E-state index is -0.708. The Bertz CT molecular complexity index is 775. The lowest BCUT2D eigenvalue weighted by atomic mass is 10.1. The van der Waals surface area contributed by atoms with E-state index in [4.69, 9.17) is 0 Å². The lowest BCUT2D eigenvalue weighted by Gasteiger charge is -2.26. The first-order valence-electron chi connectivity index (χ1n) is 7.71. The highest BCUT2D eigenvalue weighted by Crippen LogP contribution is 2.22. The fourth-order valence-electron chi connectivity index (χ4n) is 2.66. The van der Waals surface area contributed by atoms with E-state index >= 15 is 0 Å². The third-order valence-corrected chi connectivity index (χ3v) is 3.94.